The zero-order chi connectivity index (χ0) is 20.1. The molecule has 1 fully saturated rings. The van der Waals surface area contributed by atoms with E-state index in [9.17, 15) is 0 Å². The van der Waals surface area contributed by atoms with E-state index in [0.717, 1.165) is 48.4 Å². The number of morpholine rings is 1. The Morgan fingerprint density at radius 1 is 1.17 bits per heavy atom. The molecule has 1 aliphatic heterocycles. The highest BCUT2D eigenvalue weighted by Gasteiger charge is 2.16. The normalized spacial score (nSPS) is 14.6. The van der Waals surface area contributed by atoms with Crippen molar-refractivity contribution in [3.63, 3.8) is 0 Å². The van der Waals surface area contributed by atoms with Crippen LogP contribution in [0.15, 0.2) is 36.5 Å². The number of para-hydroxylation sites is 1. The number of methoxy groups -OCH3 is 1. The van der Waals surface area contributed by atoms with Crippen LogP contribution in [-0.2, 0) is 9.47 Å². The zero-order valence-electron chi connectivity index (χ0n) is 16.6. The minimum Gasteiger partial charge on any atom is -0.449 e. The van der Waals surface area contributed by atoms with Crippen molar-refractivity contribution >= 4 is 28.6 Å². The lowest BCUT2D eigenvalue weighted by Crippen LogP contribution is -2.36. The monoisotopic (exact) mass is 412 g/mol. The van der Waals surface area contributed by atoms with Gasteiger partial charge >= 0.3 is 0 Å². The van der Waals surface area contributed by atoms with Crippen molar-refractivity contribution in [3.05, 3.63) is 52.7 Å². The number of anilines is 1. The molecular weight excluding hydrogens is 388 g/mol. The number of thiazole rings is 1. The van der Waals surface area contributed by atoms with Gasteiger partial charge in [0.05, 0.1) is 30.2 Å². The molecule has 0 atom stereocenters. The van der Waals surface area contributed by atoms with E-state index in [4.69, 9.17) is 19.2 Å². The predicted molar refractivity (Wildman–Crippen MR) is 115 cm³/mol. The Morgan fingerprint density at radius 3 is 2.72 bits per heavy atom. The molecule has 3 aromatic rings. The first kappa shape index (κ1) is 19.6. The van der Waals surface area contributed by atoms with Gasteiger partial charge in [0.2, 0.25) is 5.88 Å². The topological polar surface area (TPSA) is 61.6 Å². The highest BCUT2D eigenvalue weighted by Crippen LogP contribution is 2.28. The van der Waals surface area contributed by atoms with Crippen LogP contribution in [0.4, 0.5) is 5.13 Å². The predicted octanol–water partition coefficient (Wildman–Crippen LogP) is 3.63. The molecule has 29 heavy (non-hydrogen) atoms. The molecule has 4 rings (SSSR count). The Morgan fingerprint density at radius 2 is 1.97 bits per heavy atom. The second-order valence-corrected chi connectivity index (χ2v) is 7.77. The average molecular weight is 413 g/mol. The zero-order valence-corrected chi connectivity index (χ0v) is 17.4. The summed E-state index contributed by atoms with van der Waals surface area (Å²) in [7, 11) is 1.59. The molecule has 0 radical (unpaired) electrons. The number of aromatic nitrogens is 3. The van der Waals surface area contributed by atoms with Crippen molar-refractivity contribution in [1.82, 2.24) is 14.8 Å². The second-order valence-electron chi connectivity index (χ2n) is 6.59. The van der Waals surface area contributed by atoms with Crippen molar-refractivity contribution in [2.45, 2.75) is 6.92 Å². The smallest absolute Gasteiger partial charge is 0.242 e. The van der Waals surface area contributed by atoms with Crippen molar-refractivity contribution in [3.8, 4) is 11.6 Å². The maximum Gasteiger partial charge on any atom is 0.242 e. The summed E-state index contributed by atoms with van der Waals surface area (Å²) in [6, 6.07) is 9.94. The summed E-state index contributed by atoms with van der Waals surface area (Å²) < 4.78 is 17.9. The number of aryl methyl sites for hydroxylation is 1. The van der Waals surface area contributed by atoms with Gasteiger partial charge in [-0.1, -0.05) is 18.2 Å². The van der Waals surface area contributed by atoms with Crippen LogP contribution >= 0.6 is 11.3 Å². The van der Waals surface area contributed by atoms with Gasteiger partial charge in [-0.3, -0.25) is 0 Å². The fraction of sp³-hybridized carbons (Fsp3) is 0.333. The first-order valence-electron chi connectivity index (χ1n) is 9.49. The van der Waals surface area contributed by atoms with Gasteiger partial charge in [0, 0.05) is 31.3 Å². The van der Waals surface area contributed by atoms with Crippen molar-refractivity contribution in [1.29, 1.82) is 0 Å². The van der Waals surface area contributed by atoms with Crippen LogP contribution in [0.5, 0.6) is 5.88 Å². The van der Waals surface area contributed by atoms with Gasteiger partial charge in [0.25, 0.3) is 0 Å². The second kappa shape index (κ2) is 9.21. The maximum atomic E-state index is 5.66. The van der Waals surface area contributed by atoms with Crippen molar-refractivity contribution in [2.75, 3.05) is 45.1 Å². The molecule has 0 unspecified atom stereocenters. The van der Waals surface area contributed by atoms with Gasteiger partial charge in [-0.05, 0) is 31.2 Å². The quantitative estimate of drug-likeness (QED) is 0.553. The van der Waals surface area contributed by atoms with Crippen molar-refractivity contribution in [2.24, 2.45) is 0 Å². The SMILES string of the molecule is COCOc1nn(-c2ccccc2)cc1C=Cc1nc(N2CCOCC2)sc1C. The summed E-state index contributed by atoms with van der Waals surface area (Å²) in [5.74, 6) is 0.522. The summed E-state index contributed by atoms with van der Waals surface area (Å²) >= 11 is 1.71. The van der Waals surface area contributed by atoms with E-state index >= 15 is 0 Å². The Labute approximate surface area is 174 Å². The number of ether oxygens (including phenoxy) is 3. The molecule has 1 aliphatic rings. The standard InChI is InChI=1S/C21H24N4O3S/c1-16-19(22-21(29-16)24-10-12-27-13-11-24)9-8-17-14-25(18-6-4-3-5-7-18)23-20(17)28-15-26-2/h3-9,14H,10-13,15H2,1-2H3. The first-order chi connectivity index (χ1) is 14.2. The van der Waals surface area contributed by atoms with E-state index in [1.807, 2.05) is 48.7 Å². The third-order valence-corrected chi connectivity index (χ3v) is 5.61. The minimum absolute atomic E-state index is 0.142. The number of nitrogens with zero attached hydrogens (tertiary/aromatic N) is 4. The van der Waals surface area contributed by atoms with Crippen LogP contribution in [0.2, 0.25) is 0 Å². The van der Waals surface area contributed by atoms with Crippen LogP contribution in [0.1, 0.15) is 16.1 Å². The van der Waals surface area contributed by atoms with E-state index in [0.29, 0.717) is 5.88 Å². The fourth-order valence-corrected chi connectivity index (χ4v) is 3.98. The van der Waals surface area contributed by atoms with Crippen LogP contribution in [0, 0.1) is 6.92 Å². The van der Waals surface area contributed by atoms with Crippen molar-refractivity contribution < 1.29 is 14.2 Å². The Kier molecular flexibility index (Phi) is 6.24. The van der Waals surface area contributed by atoms with Crippen LogP contribution < -0.4 is 9.64 Å². The Bertz CT molecular complexity index is 962. The Hall–Kier alpha value is -2.68. The molecule has 3 heterocycles. The van der Waals surface area contributed by atoms with Gasteiger partial charge in [-0.25, -0.2) is 9.67 Å². The van der Waals surface area contributed by atoms with Crippen LogP contribution in [0.25, 0.3) is 17.8 Å². The molecule has 0 spiro atoms. The number of hydrogen-bond donors (Lipinski definition) is 0. The Balaban J connectivity index is 1.58. The summed E-state index contributed by atoms with van der Waals surface area (Å²) in [6.45, 7) is 5.51. The molecule has 1 aromatic carbocycles. The molecular formula is C21H24N4O3S. The summed E-state index contributed by atoms with van der Waals surface area (Å²) in [5, 5.41) is 5.60. The molecule has 0 N–H and O–H groups in total. The molecule has 0 bridgehead atoms. The van der Waals surface area contributed by atoms with Gasteiger partial charge in [-0.15, -0.1) is 16.4 Å². The number of hydrogen-bond acceptors (Lipinski definition) is 7. The van der Waals surface area contributed by atoms with E-state index in [-0.39, 0.29) is 6.79 Å². The molecule has 0 amide bonds. The summed E-state index contributed by atoms with van der Waals surface area (Å²) in [6.07, 6.45) is 5.95. The van der Waals surface area contributed by atoms with E-state index < -0.39 is 0 Å². The number of rotatable bonds is 7. The lowest BCUT2D eigenvalue weighted by Gasteiger charge is -2.25. The maximum absolute atomic E-state index is 5.66. The van der Waals surface area contributed by atoms with E-state index in [2.05, 4.69) is 16.9 Å². The van der Waals surface area contributed by atoms with Crippen LogP contribution in [0.3, 0.4) is 0 Å². The first-order valence-corrected chi connectivity index (χ1v) is 10.3. The molecule has 8 heteroatoms. The van der Waals surface area contributed by atoms with Gasteiger partial charge in [-0.2, -0.15) is 0 Å². The molecule has 1 saturated heterocycles. The van der Waals surface area contributed by atoms with Crippen LogP contribution in [-0.4, -0.2) is 55.0 Å². The average Bonchev–Trinajstić information content (AvgIpc) is 3.35. The minimum atomic E-state index is 0.142. The third-order valence-electron chi connectivity index (χ3n) is 4.56. The number of benzene rings is 1. The molecule has 0 saturated carbocycles. The van der Waals surface area contributed by atoms with E-state index in [1.54, 1.807) is 23.1 Å². The fourth-order valence-electron chi connectivity index (χ4n) is 3.03. The van der Waals surface area contributed by atoms with Gasteiger partial charge < -0.3 is 19.1 Å². The lowest BCUT2D eigenvalue weighted by atomic mass is 10.2. The van der Waals surface area contributed by atoms with Gasteiger partial charge in [0.1, 0.15) is 0 Å². The molecule has 0 aliphatic carbocycles. The lowest BCUT2D eigenvalue weighted by molar-refractivity contribution is 0.0474. The largest absolute Gasteiger partial charge is 0.449 e. The molecule has 7 nitrogen and oxygen atoms in total. The van der Waals surface area contributed by atoms with E-state index in [1.165, 1.54) is 4.88 Å². The third kappa shape index (κ3) is 4.67. The highest BCUT2D eigenvalue weighted by molar-refractivity contribution is 7.15. The molecule has 152 valence electrons. The van der Waals surface area contributed by atoms with Gasteiger partial charge in [0.15, 0.2) is 11.9 Å². The molecule has 2 aromatic heterocycles. The summed E-state index contributed by atoms with van der Waals surface area (Å²) in [4.78, 5) is 8.27. The summed E-state index contributed by atoms with van der Waals surface area (Å²) in [5.41, 5.74) is 2.79. The highest BCUT2D eigenvalue weighted by atomic mass is 32.1.